The van der Waals surface area contributed by atoms with Gasteiger partial charge in [0, 0.05) is 11.8 Å². The largest absolute Gasteiger partial charge is 0.488 e. The van der Waals surface area contributed by atoms with E-state index in [1.54, 1.807) is 13.0 Å². The Labute approximate surface area is 204 Å². The molecule has 2 aromatic carbocycles. The molecule has 2 heterocycles. The number of carbonyl (C=O) groups is 1. The van der Waals surface area contributed by atoms with Crippen LogP contribution in [0.5, 0.6) is 5.75 Å². The maximum atomic E-state index is 12.8. The minimum atomic E-state index is -0.355. The summed E-state index contributed by atoms with van der Waals surface area (Å²) in [5, 5.41) is 12.1. The molecule has 32 heavy (non-hydrogen) atoms. The molecular formula is C24H20IN3O3S. The van der Waals surface area contributed by atoms with Crippen molar-refractivity contribution in [2.24, 2.45) is 4.99 Å². The lowest BCUT2D eigenvalue weighted by molar-refractivity contribution is -0.139. The van der Waals surface area contributed by atoms with Gasteiger partial charge < -0.3 is 14.4 Å². The van der Waals surface area contributed by atoms with Gasteiger partial charge in [-0.1, -0.05) is 36.0 Å². The maximum absolute atomic E-state index is 12.8. The van der Waals surface area contributed by atoms with Crippen LogP contribution in [-0.2, 0) is 16.1 Å². The van der Waals surface area contributed by atoms with Crippen LogP contribution in [0.3, 0.4) is 0 Å². The Kier molecular flexibility index (Phi) is 6.86. The number of amidine groups is 1. The Morgan fingerprint density at radius 1 is 1.31 bits per heavy atom. The Balaban J connectivity index is 1.63. The van der Waals surface area contributed by atoms with Gasteiger partial charge >= 0.3 is 5.97 Å². The minimum Gasteiger partial charge on any atom is -0.488 e. The van der Waals surface area contributed by atoms with Crippen LogP contribution < -0.4 is 4.74 Å². The van der Waals surface area contributed by atoms with E-state index in [0.29, 0.717) is 30.0 Å². The number of ether oxygens (including phenoxy) is 2. The van der Waals surface area contributed by atoms with Gasteiger partial charge in [0.1, 0.15) is 12.4 Å². The molecule has 0 radical (unpaired) electrons. The van der Waals surface area contributed by atoms with E-state index >= 15 is 0 Å². The number of hydrogen-bond donors (Lipinski definition) is 0. The third kappa shape index (κ3) is 4.40. The van der Waals surface area contributed by atoms with Crippen LogP contribution in [-0.4, -0.2) is 22.6 Å². The van der Waals surface area contributed by atoms with Gasteiger partial charge in [-0.15, -0.1) is 0 Å². The number of halogens is 1. The van der Waals surface area contributed by atoms with Crippen LogP contribution >= 0.6 is 34.4 Å². The number of nitriles is 1. The highest BCUT2D eigenvalue weighted by Gasteiger charge is 2.37. The average molecular weight is 557 g/mol. The van der Waals surface area contributed by atoms with E-state index in [9.17, 15) is 10.1 Å². The van der Waals surface area contributed by atoms with Crippen molar-refractivity contribution < 1.29 is 14.3 Å². The molecule has 0 aromatic heterocycles. The zero-order valence-corrected chi connectivity index (χ0v) is 20.5. The fourth-order valence-electron chi connectivity index (χ4n) is 3.61. The van der Waals surface area contributed by atoms with E-state index < -0.39 is 0 Å². The SMILES string of the molecule is CCOC(=O)C1=C(C)N=C2SC=CN2[C@@H]1c1ccc(OCc2ccccc2C#N)c(I)c1. The Bertz CT molecular complexity index is 1200. The summed E-state index contributed by atoms with van der Waals surface area (Å²) >= 11 is 3.76. The molecule has 8 heteroatoms. The van der Waals surface area contributed by atoms with Crippen molar-refractivity contribution in [1.29, 1.82) is 5.26 Å². The van der Waals surface area contributed by atoms with Crippen molar-refractivity contribution in [2.45, 2.75) is 26.5 Å². The number of allylic oxidation sites excluding steroid dienone is 1. The topological polar surface area (TPSA) is 74.9 Å². The van der Waals surface area contributed by atoms with Gasteiger partial charge in [-0.2, -0.15) is 5.26 Å². The summed E-state index contributed by atoms with van der Waals surface area (Å²) in [4.78, 5) is 19.4. The number of hydrogen-bond acceptors (Lipinski definition) is 7. The summed E-state index contributed by atoms with van der Waals surface area (Å²) in [6, 6.07) is 15.2. The molecule has 0 saturated carbocycles. The molecule has 1 atom stereocenters. The van der Waals surface area contributed by atoms with Gasteiger partial charge in [0.05, 0.1) is 39.1 Å². The standard InChI is InChI=1S/C24H20IN3O3S/c1-3-30-23(29)21-15(2)27-24-28(10-11-32-24)22(21)16-8-9-20(19(25)12-16)31-14-18-7-5-4-6-17(18)13-26/h4-12,22H,3,14H2,1-2H3/t22-/m1/s1. The first kappa shape index (κ1) is 22.4. The molecule has 2 aliphatic rings. The summed E-state index contributed by atoms with van der Waals surface area (Å²) in [7, 11) is 0. The Morgan fingerprint density at radius 3 is 2.88 bits per heavy atom. The number of nitrogens with zero attached hydrogens (tertiary/aromatic N) is 3. The molecular weight excluding hydrogens is 537 g/mol. The number of carbonyl (C=O) groups excluding carboxylic acids is 1. The van der Waals surface area contributed by atoms with Gasteiger partial charge in [0.25, 0.3) is 0 Å². The van der Waals surface area contributed by atoms with E-state index in [-0.39, 0.29) is 12.0 Å². The summed E-state index contributed by atoms with van der Waals surface area (Å²) in [6.07, 6.45) is 1.94. The lowest BCUT2D eigenvalue weighted by atomic mass is 9.95. The van der Waals surface area contributed by atoms with Crippen LogP contribution in [0.2, 0.25) is 0 Å². The number of thioether (sulfide) groups is 1. The van der Waals surface area contributed by atoms with Crippen molar-refractivity contribution in [3.63, 3.8) is 0 Å². The molecule has 0 spiro atoms. The first-order chi connectivity index (χ1) is 15.5. The van der Waals surface area contributed by atoms with E-state index in [1.807, 2.05) is 59.8 Å². The monoisotopic (exact) mass is 557 g/mol. The molecule has 0 fully saturated rings. The van der Waals surface area contributed by atoms with E-state index in [0.717, 1.165) is 25.6 Å². The average Bonchev–Trinajstić information content (AvgIpc) is 3.25. The predicted molar refractivity (Wildman–Crippen MR) is 133 cm³/mol. The normalized spacial score (nSPS) is 17.0. The molecule has 0 unspecified atom stereocenters. The van der Waals surface area contributed by atoms with Crippen molar-refractivity contribution in [3.8, 4) is 11.8 Å². The second-order valence-electron chi connectivity index (χ2n) is 7.07. The zero-order valence-electron chi connectivity index (χ0n) is 17.5. The van der Waals surface area contributed by atoms with Crippen LogP contribution in [0, 0.1) is 14.9 Å². The lowest BCUT2D eigenvalue weighted by Crippen LogP contribution is -2.34. The number of esters is 1. The number of benzene rings is 2. The molecule has 2 aromatic rings. The minimum absolute atomic E-state index is 0.303. The highest BCUT2D eigenvalue weighted by molar-refractivity contribution is 14.1. The molecule has 0 N–H and O–H groups in total. The smallest absolute Gasteiger partial charge is 0.338 e. The predicted octanol–water partition coefficient (Wildman–Crippen LogP) is 5.51. The highest BCUT2D eigenvalue weighted by atomic mass is 127. The molecule has 0 bridgehead atoms. The molecule has 0 saturated heterocycles. The second-order valence-corrected chi connectivity index (χ2v) is 9.11. The third-order valence-electron chi connectivity index (χ3n) is 5.11. The van der Waals surface area contributed by atoms with E-state index in [1.165, 1.54) is 11.8 Å². The van der Waals surface area contributed by atoms with E-state index in [2.05, 4.69) is 33.7 Å². The Hall–Kier alpha value is -2.77. The number of aliphatic imine (C=N–C) groups is 1. The lowest BCUT2D eigenvalue weighted by Gasteiger charge is -2.33. The summed E-state index contributed by atoms with van der Waals surface area (Å²) in [6.45, 7) is 4.25. The van der Waals surface area contributed by atoms with Gasteiger partial charge in [0.15, 0.2) is 5.17 Å². The fraction of sp³-hybridized carbons (Fsp3) is 0.208. The number of rotatable bonds is 6. The van der Waals surface area contributed by atoms with Crippen LogP contribution in [0.4, 0.5) is 0 Å². The molecule has 6 nitrogen and oxygen atoms in total. The van der Waals surface area contributed by atoms with E-state index in [4.69, 9.17) is 9.47 Å². The van der Waals surface area contributed by atoms with Crippen molar-refractivity contribution in [1.82, 2.24) is 4.90 Å². The molecule has 162 valence electrons. The number of fused-ring (bicyclic) bond motifs is 1. The zero-order chi connectivity index (χ0) is 22.7. The molecule has 0 amide bonds. The second kappa shape index (κ2) is 9.79. The van der Waals surface area contributed by atoms with Gasteiger partial charge in [-0.25, -0.2) is 9.79 Å². The first-order valence-corrected chi connectivity index (χ1v) is 12.0. The quantitative estimate of drug-likeness (QED) is 0.345. The van der Waals surface area contributed by atoms with Crippen molar-refractivity contribution >= 4 is 45.5 Å². The summed E-state index contributed by atoms with van der Waals surface area (Å²) < 4.78 is 12.3. The molecule has 0 aliphatic carbocycles. The molecule has 2 aliphatic heterocycles. The van der Waals surface area contributed by atoms with Crippen molar-refractivity contribution in [3.05, 3.63) is 85.6 Å². The molecule has 4 rings (SSSR count). The Morgan fingerprint density at radius 2 is 2.12 bits per heavy atom. The maximum Gasteiger partial charge on any atom is 0.338 e. The summed E-state index contributed by atoms with van der Waals surface area (Å²) in [5.41, 5.74) is 3.59. The van der Waals surface area contributed by atoms with Gasteiger partial charge in [-0.05, 0) is 65.6 Å². The first-order valence-electron chi connectivity index (χ1n) is 10.0. The highest BCUT2D eigenvalue weighted by Crippen LogP contribution is 2.42. The van der Waals surface area contributed by atoms with Gasteiger partial charge in [0.2, 0.25) is 0 Å². The van der Waals surface area contributed by atoms with Crippen LogP contribution in [0.25, 0.3) is 0 Å². The van der Waals surface area contributed by atoms with Gasteiger partial charge in [-0.3, -0.25) is 0 Å². The summed E-state index contributed by atoms with van der Waals surface area (Å²) in [5.74, 6) is 0.364. The third-order valence-corrected chi connectivity index (χ3v) is 6.72. The van der Waals surface area contributed by atoms with Crippen LogP contribution in [0.15, 0.2) is 70.3 Å². The van der Waals surface area contributed by atoms with Crippen molar-refractivity contribution in [2.75, 3.05) is 6.61 Å². The fourth-order valence-corrected chi connectivity index (χ4v) is 5.10. The van der Waals surface area contributed by atoms with Crippen LogP contribution in [0.1, 0.15) is 36.6 Å².